The maximum absolute atomic E-state index is 13.6. The van der Waals surface area contributed by atoms with Crippen molar-refractivity contribution in [2.75, 3.05) is 6.61 Å². The smallest absolute Gasteiger partial charge is 0.306 e. The first-order chi connectivity index (χ1) is 14.7. The molecule has 6 atom stereocenters. The summed E-state index contributed by atoms with van der Waals surface area (Å²) >= 11 is 0. The van der Waals surface area contributed by atoms with Gasteiger partial charge in [0.05, 0.1) is 11.5 Å². The number of Topliss-reactive ketones (excluding diaryl/α,β-unsaturated/α-hetero) is 1. The number of hydrogen-bond acceptors (Lipinski definition) is 6. The van der Waals surface area contributed by atoms with Crippen LogP contribution in [0.3, 0.4) is 0 Å². The Kier molecular flexibility index (Phi) is 13.3. The minimum absolute atomic E-state index is 0.0148. The Morgan fingerprint density at radius 3 is 2.52 bits per heavy atom. The highest BCUT2D eigenvalue weighted by Gasteiger charge is 2.48. The average Bonchev–Trinajstić information content (AvgIpc) is 2.77. The van der Waals surface area contributed by atoms with Gasteiger partial charge in [0.25, 0.3) is 0 Å². The van der Waals surface area contributed by atoms with Gasteiger partial charge in [-0.2, -0.15) is 0 Å². The molecule has 6 unspecified atom stereocenters. The van der Waals surface area contributed by atoms with E-state index in [9.17, 15) is 19.8 Å². The van der Waals surface area contributed by atoms with E-state index in [0.717, 1.165) is 12.0 Å². The molecule has 0 aromatic carbocycles. The highest BCUT2D eigenvalue weighted by Crippen LogP contribution is 2.49. The van der Waals surface area contributed by atoms with Crippen molar-refractivity contribution in [1.29, 1.82) is 5.26 Å². The van der Waals surface area contributed by atoms with Gasteiger partial charge in [-0.15, -0.1) is 0 Å². The molecule has 6 heteroatoms. The minimum Gasteiger partial charge on any atom is -0.459 e. The van der Waals surface area contributed by atoms with Crippen LogP contribution in [0.15, 0.2) is 23.8 Å². The maximum Gasteiger partial charge on any atom is 0.306 e. The zero-order valence-electron chi connectivity index (χ0n) is 20.0. The largest absolute Gasteiger partial charge is 0.459 e. The second-order valence-corrected chi connectivity index (χ2v) is 8.26. The third-order valence-corrected chi connectivity index (χ3v) is 6.29. The van der Waals surface area contributed by atoms with Gasteiger partial charge in [-0.3, -0.25) is 9.59 Å². The Morgan fingerprint density at radius 2 is 1.97 bits per heavy atom. The number of nitriles is 1. The quantitative estimate of drug-likeness (QED) is 0.491. The molecule has 0 aromatic rings. The van der Waals surface area contributed by atoms with Crippen LogP contribution >= 0.6 is 0 Å². The van der Waals surface area contributed by atoms with Crippen molar-refractivity contribution in [3.05, 3.63) is 23.8 Å². The number of ketones is 1. The number of aliphatic hydroxyl groups excluding tert-OH is 2. The van der Waals surface area contributed by atoms with Crippen LogP contribution in [0.2, 0.25) is 0 Å². The molecule has 0 aromatic heterocycles. The molecule has 1 aliphatic heterocycles. The molecule has 1 heterocycles. The van der Waals surface area contributed by atoms with Crippen LogP contribution in [-0.4, -0.2) is 40.8 Å². The Labute approximate surface area is 188 Å². The van der Waals surface area contributed by atoms with Crippen molar-refractivity contribution >= 4 is 11.8 Å². The number of cyclic esters (lactones) is 1. The first kappa shape index (κ1) is 29.0. The summed E-state index contributed by atoms with van der Waals surface area (Å²) in [6.45, 7) is 14.9. The van der Waals surface area contributed by atoms with Crippen LogP contribution in [0.4, 0.5) is 0 Å². The maximum atomic E-state index is 13.6. The molecule has 2 rings (SSSR count). The Bertz CT molecular complexity index is 652. The second-order valence-electron chi connectivity index (χ2n) is 8.26. The molecule has 176 valence electrons. The normalized spacial score (nSPS) is 31.6. The van der Waals surface area contributed by atoms with Crippen molar-refractivity contribution in [3.63, 3.8) is 0 Å². The van der Waals surface area contributed by atoms with Gasteiger partial charge in [0.15, 0.2) is 0 Å². The topological polar surface area (TPSA) is 108 Å². The summed E-state index contributed by atoms with van der Waals surface area (Å²) in [6, 6.07) is 0. The predicted molar refractivity (Wildman–Crippen MR) is 122 cm³/mol. The van der Waals surface area contributed by atoms with E-state index in [1.54, 1.807) is 6.92 Å². The Balaban J connectivity index is 0.00000212. The summed E-state index contributed by atoms with van der Waals surface area (Å²) in [4.78, 5) is 25.9. The molecular weight excluding hydrogens is 394 g/mol. The summed E-state index contributed by atoms with van der Waals surface area (Å²) in [7, 11) is 0. The van der Waals surface area contributed by atoms with E-state index in [0.29, 0.717) is 19.3 Å². The third kappa shape index (κ3) is 7.02. The monoisotopic (exact) mass is 435 g/mol. The van der Waals surface area contributed by atoms with Gasteiger partial charge in [0, 0.05) is 31.4 Å². The molecule has 6 nitrogen and oxygen atoms in total. The molecule has 31 heavy (non-hydrogen) atoms. The Hall–Kier alpha value is -1.97. The lowest BCUT2D eigenvalue weighted by Gasteiger charge is -2.44. The Morgan fingerprint density at radius 1 is 1.35 bits per heavy atom. The first-order valence-electron chi connectivity index (χ1n) is 11.4. The average molecular weight is 436 g/mol. The number of nitrogens with zero attached hydrogens (tertiary/aromatic N) is 1. The van der Waals surface area contributed by atoms with Crippen LogP contribution in [0.1, 0.15) is 73.6 Å². The fourth-order valence-electron chi connectivity index (χ4n) is 4.79. The molecule has 2 N–H and O–H groups in total. The summed E-state index contributed by atoms with van der Waals surface area (Å²) in [5.41, 5.74) is 0.334. The molecule has 1 aliphatic carbocycles. The molecule has 0 amide bonds. The van der Waals surface area contributed by atoms with Crippen LogP contribution in [0, 0.1) is 35.0 Å². The molecule has 0 radical (unpaired) electrons. The van der Waals surface area contributed by atoms with Crippen molar-refractivity contribution < 1.29 is 24.5 Å². The number of aliphatic hydroxyl groups is 2. The molecule has 0 saturated heterocycles. The zero-order chi connectivity index (χ0) is 24.2. The molecule has 0 bridgehead atoms. The summed E-state index contributed by atoms with van der Waals surface area (Å²) in [5.74, 6) is -0.681. The number of allylic oxidation sites excluding steroid dienone is 3. The number of hydrogen-bond donors (Lipinski definition) is 2. The number of ether oxygens (including phenoxy) is 1. The zero-order valence-corrected chi connectivity index (χ0v) is 20.0. The van der Waals surface area contributed by atoms with Crippen molar-refractivity contribution in [1.82, 2.24) is 0 Å². The number of esters is 1. The fraction of sp³-hybridized carbons (Fsp3) is 0.720. The molecule has 0 spiro atoms. The van der Waals surface area contributed by atoms with Gasteiger partial charge in [-0.05, 0) is 45.4 Å². The van der Waals surface area contributed by atoms with Crippen molar-refractivity contribution in [2.45, 2.75) is 85.9 Å². The number of fused-ring (bicyclic) bond motifs is 1. The summed E-state index contributed by atoms with van der Waals surface area (Å²) < 4.78 is 5.53. The van der Waals surface area contributed by atoms with Gasteiger partial charge in [-0.25, -0.2) is 5.26 Å². The minimum atomic E-state index is -0.783. The summed E-state index contributed by atoms with van der Waals surface area (Å²) in [6.07, 6.45) is 7.52. The number of carbonyl (C=O) groups is 2. The van der Waals surface area contributed by atoms with Crippen LogP contribution in [0.5, 0.6) is 0 Å². The van der Waals surface area contributed by atoms with E-state index in [2.05, 4.69) is 18.7 Å². The van der Waals surface area contributed by atoms with Crippen molar-refractivity contribution in [3.8, 4) is 6.57 Å². The van der Waals surface area contributed by atoms with Crippen LogP contribution in [0.25, 0.3) is 0 Å². The molecule has 0 fully saturated rings. The molecule has 0 saturated carbocycles. The molecule has 2 aliphatic rings. The van der Waals surface area contributed by atoms with Crippen molar-refractivity contribution in [2.24, 2.45) is 23.2 Å². The van der Waals surface area contributed by atoms with Gasteiger partial charge in [-0.1, -0.05) is 51.5 Å². The SMILES string of the molecule is C#N.C/C1=C\C(C)C(C(C)O)OC(=O)CCC2C=CCCC12C(=O)C(C)CCO.CC. The highest BCUT2D eigenvalue weighted by atomic mass is 16.6. The van der Waals surface area contributed by atoms with E-state index < -0.39 is 17.6 Å². The lowest BCUT2D eigenvalue weighted by molar-refractivity contribution is -0.158. The fourth-order valence-corrected chi connectivity index (χ4v) is 4.79. The second kappa shape index (κ2) is 14.2. The third-order valence-electron chi connectivity index (χ3n) is 6.29. The van der Waals surface area contributed by atoms with E-state index in [1.807, 2.05) is 40.7 Å². The van der Waals surface area contributed by atoms with Crippen LogP contribution in [-0.2, 0) is 14.3 Å². The lowest BCUT2D eigenvalue weighted by atomic mass is 9.58. The van der Waals surface area contributed by atoms with Crippen LogP contribution < -0.4 is 0 Å². The van der Waals surface area contributed by atoms with E-state index in [4.69, 9.17) is 10.00 Å². The first-order valence-corrected chi connectivity index (χ1v) is 11.4. The van der Waals surface area contributed by atoms with Gasteiger partial charge in [0.2, 0.25) is 0 Å². The number of rotatable bonds is 5. The van der Waals surface area contributed by atoms with E-state index >= 15 is 0 Å². The predicted octanol–water partition coefficient (Wildman–Crippen LogP) is 4.36. The highest BCUT2D eigenvalue weighted by molar-refractivity contribution is 5.90. The van der Waals surface area contributed by atoms with E-state index in [1.165, 1.54) is 0 Å². The van der Waals surface area contributed by atoms with Gasteiger partial charge < -0.3 is 14.9 Å². The lowest BCUT2D eigenvalue weighted by Crippen LogP contribution is -2.45. The van der Waals surface area contributed by atoms with Gasteiger partial charge in [0.1, 0.15) is 11.9 Å². The number of carbonyl (C=O) groups excluding carboxylic acids is 2. The van der Waals surface area contributed by atoms with E-state index in [-0.39, 0.29) is 42.5 Å². The standard InChI is InChI=1S/C22H34O5.C2H6.CHN/c1-14(10-12-23)21(26)22-11-6-5-7-18(22)8-9-19(25)27-20(17(4)24)15(2)13-16(22)3;2*1-2/h5,7,13-15,17-18,20,23-24H,6,8-12H2,1-4H3;1-2H3;1H/b16-13+;;. The summed E-state index contributed by atoms with van der Waals surface area (Å²) in [5, 5.41) is 25.9. The molecular formula is C25H41NO5. The van der Waals surface area contributed by atoms with Gasteiger partial charge >= 0.3 is 5.97 Å².